The molecule has 0 saturated heterocycles. The number of aryl methyl sites for hydroxylation is 2. The molecule has 0 saturated carbocycles. The van der Waals surface area contributed by atoms with Crippen molar-refractivity contribution in [2.75, 3.05) is 0 Å². The molecule has 4 aromatic carbocycles. The first-order chi connectivity index (χ1) is 23.8. The number of halogens is 4. The number of hydrogen-bond acceptors (Lipinski definition) is 3. The number of nitrogens with zero attached hydrogens (tertiary/aromatic N) is 3. The van der Waals surface area contributed by atoms with Gasteiger partial charge in [-0.2, -0.15) is 0 Å². The first-order valence-electron chi connectivity index (χ1n) is 18.2. The van der Waals surface area contributed by atoms with Crippen LogP contribution >= 0.6 is 0 Å². The molecule has 0 N–H and O–H groups in total. The zero-order valence-electron chi connectivity index (χ0n) is 35.1. The Morgan fingerprint density at radius 1 is 0.393 bits per heavy atom. The second-order valence-electron chi connectivity index (χ2n) is 14.3. The summed E-state index contributed by atoms with van der Waals surface area (Å²) < 4.78 is 0. The molecule has 0 spiro atoms. The van der Waals surface area contributed by atoms with Gasteiger partial charge in [-0.3, -0.25) is 9.98 Å². The van der Waals surface area contributed by atoms with Crippen LogP contribution < -0.4 is 49.6 Å². The summed E-state index contributed by atoms with van der Waals surface area (Å²) in [5, 5.41) is 0. The van der Waals surface area contributed by atoms with Crippen molar-refractivity contribution in [2.24, 2.45) is 9.98 Å². The molecule has 4 radical (unpaired) electrons. The van der Waals surface area contributed by atoms with Gasteiger partial charge in [-0.05, 0) is 85.8 Å². The Kier molecular flexibility index (Phi) is 33.8. The van der Waals surface area contributed by atoms with Crippen molar-refractivity contribution >= 4 is 70.6 Å². The third kappa shape index (κ3) is 19.3. The van der Waals surface area contributed by atoms with Crippen LogP contribution in [0.5, 0.6) is 0 Å². The van der Waals surface area contributed by atoms with E-state index in [1.54, 1.807) is 0 Å². The molecule has 3 nitrogen and oxygen atoms in total. The van der Waals surface area contributed by atoms with E-state index in [1.807, 2.05) is 48.5 Å². The minimum atomic E-state index is 0. The van der Waals surface area contributed by atoms with E-state index in [9.17, 15) is 0 Å². The van der Waals surface area contributed by atoms with Crippen LogP contribution in [0.2, 0.25) is 0 Å². The fourth-order valence-electron chi connectivity index (χ4n) is 5.64. The van der Waals surface area contributed by atoms with Gasteiger partial charge in [-0.1, -0.05) is 170 Å². The minimum Gasteiger partial charge on any atom is -1.00 e. The summed E-state index contributed by atoms with van der Waals surface area (Å²) in [6.45, 7) is 26.1. The molecular formula is C47H59Cl4N3Sn2. The predicted octanol–water partition coefficient (Wildman–Crippen LogP) is 1.10. The molecule has 0 aliphatic rings. The van der Waals surface area contributed by atoms with Crippen molar-refractivity contribution in [1.29, 1.82) is 0 Å². The number of pyridine rings is 1. The summed E-state index contributed by atoms with van der Waals surface area (Å²) in [5.41, 5.74) is 13.5. The van der Waals surface area contributed by atoms with Crippen LogP contribution in [-0.4, -0.2) is 64.2 Å². The fraction of sp³-hybridized carbons (Fsp3) is 0.340. The van der Waals surface area contributed by atoms with Gasteiger partial charge in [0.2, 0.25) is 0 Å². The Morgan fingerprint density at radius 3 is 0.857 bits per heavy atom. The number of benzene rings is 4. The monoisotopic (exact) mass is 1050 g/mol. The molecule has 1 aromatic heterocycles. The van der Waals surface area contributed by atoms with Crippen LogP contribution in [0.1, 0.15) is 138 Å². The zero-order valence-corrected chi connectivity index (χ0v) is 43.9. The second kappa shape index (κ2) is 31.1. The third-order valence-corrected chi connectivity index (χ3v) is 8.62. The first-order valence-corrected chi connectivity index (χ1v) is 18.2. The SMILES string of the molecule is CC(=Nc1c(C(C)C)cccc1C(C)C)c1cccc(C(C)=Nc2c(C(C)C)cccc2C(C)C)n1.Cc1ccccc1.Cc1ccccc1.[Cl-].[Cl-].[Cl-].[Cl-].[Sn+2].[Sn+2]. The van der Waals surface area contributed by atoms with E-state index in [-0.39, 0.29) is 97.4 Å². The second-order valence-corrected chi connectivity index (χ2v) is 14.3. The van der Waals surface area contributed by atoms with Gasteiger partial charge in [-0.15, -0.1) is 0 Å². The quantitative estimate of drug-likeness (QED) is 0.170. The average Bonchev–Trinajstić information content (AvgIpc) is 3.09. The maximum absolute atomic E-state index is 5.15. The Hall–Kier alpha value is -1.87. The topological polar surface area (TPSA) is 37.6 Å². The van der Waals surface area contributed by atoms with E-state index in [4.69, 9.17) is 15.0 Å². The molecule has 1 heterocycles. The summed E-state index contributed by atoms with van der Waals surface area (Å²) >= 11 is 0. The maximum Gasteiger partial charge on any atom is 2.00 e. The van der Waals surface area contributed by atoms with E-state index >= 15 is 0 Å². The van der Waals surface area contributed by atoms with Crippen LogP contribution in [0.25, 0.3) is 0 Å². The smallest absolute Gasteiger partial charge is 1.00 e. The standard InChI is InChI=1S/C33H43N3.2C7H8.4ClH.2Sn/c1-20(2)26-14-11-15-27(21(3)4)32(26)34-24(9)30-18-13-19-31(36-30)25(10)35-33-28(22(5)6)16-12-17-29(33)23(7)8;2*1-7-5-3-2-4-6-7;;;;;;/h11-23H,1-10H3;2*2-6H,1H3;4*1H;;/q;;;;;;;2*+2/p-4. The maximum atomic E-state index is 5.15. The summed E-state index contributed by atoms with van der Waals surface area (Å²) in [6.07, 6.45) is 0. The Balaban J connectivity index is -0.000000568. The normalized spacial score (nSPS) is 10.5. The van der Waals surface area contributed by atoms with Crippen molar-refractivity contribution in [2.45, 2.75) is 107 Å². The molecule has 0 unspecified atom stereocenters. The van der Waals surface area contributed by atoms with Crippen molar-refractivity contribution in [1.82, 2.24) is 4.98 Å². The molecule has 0 bridgehead atoms. The van der Waals surface area contributed by atoms with Gasteiger partial charge in [-0.25, -0.2) is 4.98 Å². The Labute approximate surface area is 398 Å². The fourth-order valence-corrected chi connectivity index (χ4v) is 5.64. The van der Waals surface area contributed by atoms with Gasteiger partial charge < -0.3 is 49.6 Å². The summed E-state index contributed by atoms with van der Waals surface area (Å²) in [4.78, 5) is 15.3. The third-order valence-electron chi connectivity index (χ3n) is 8.62. The van der Waals surface area contributed by atoms with Crippen molar-refractivity contribution in [3.63, 3.8) is 0 Å². The van der Waals surface area contributed by atoms with Gasteiger partial charge in [0.15, 0.2) is 0 Å². The van der Waals surface area contributed by atoms with E-state index in [2.05, 4.69) is 150 Å². The van der Waals surface area contributed by atoms with E-state index in [0.717, 1.165) is 34.2 Å². The molecule has 0 aliphatic heterocycles. The largest absolute Gasteiger partial charge is 2.00 e. The molecule has 0 fully saturated rings. The van der Waals surface area contributed by atoms with Gasteiger partial charge in [0.1, 0.15) is 0 Å². The molecule has 0 amide bonds. The van der Waals surface area contributed by atoms with Crippen LogP contribution in [0.15, 0.2) is 125 Å². The number of para-hydroxylation sites is 2. The summed E-state index contributed by atoms with van der Waals surface area (Å²) in [7, 11) is 0. The summed E-state index contributed by atoms with van der Waals surface area (Å²) in [5.74, 6) is 1.61. The van der Waals surface area contributed by atoms with Gasteiger partial charge >= 0.3 is 47.8 Å². The number of aliphatic imine (C=N–C) groups is 2. The molecule has 56 heavy (non-hydrogen) atoms. The Bertz CT molecular complexity index is 1680. The van der Waals surface area contributed by atoms with Crippen molar-refractivity contribution in [3.8, 4) is 0 Å². The average molecular weight is 1050 g/mol. The van der Waals surface area contributed by atoms with Crippen LogP contribution in [-0.2, 0) is 0 Å². The first kappa shape index (κ1) is 60.8. The van der Waals surface area contributed by atoms with E-state index in [1.165, 1.54) is 33.4 Å². The molecule has 5 rings (SSSR count). The van der Waals surface area contributed by atoms with Gasteiger partial charge in [0, 0.05) is 0 Å². The van der Waals surface area contributed by atoms with Gasteiger partial charge in [0.25, 0.3) is 0 Å². The number of rotatable bonds is 8. The summed E-state index contributed by atoms with van der Waals surface area (Å²) in [6, 6.07) is 39.8. The van der Waals surface area contributed by atoms with Gasteiger partial charge in [0.05, 0.1) is 34.2 Å². The minimum absolute atomic E-state index is 0. The van der Waals surface area contributed by atoms with Crippen molar-refractivity contribution < 1.29 is 49.6 Å². The number of aromatic nitrogens is 1. The number of hydrogen-bond donors (Lipinski definition) is 0. The van der Waals surface area contributed by atoms with Crippen molar-refractivity contribution in [3.05, 3.63) is 160 Å². The molecule has 0 atom stereocenters. The molecule has 0 aliphatic carbocycles. The molecule has 298 valence electrons. The van der Waals surface area contributed by atoms with Crippen LogP contribution in [0.4, 0.5) is 11.4 Å². The van der Waals surface area contributed by atoms with Crippen LogP contribution in [0, 0.1) is 13.8 Å². The van der Waals surface area contributed by atoms with Crippen LogP contribution in [0.3, 0.4) is 0 Å². The van der Waals surface area contributed by atoms with E-state index in [0.29, 0.717) is 23.7 Å². The van der Waals surface area contributed by atoms with E-state index < -0.39 is 0 Å². The molecule has 5 aromatic rings. The predicted molar refractivity (Wildman–Crippen MR) is 231 cm³/mol. The zero-order chi connectivity index (χ0) is 36.8. The molecular weight excluding hydrogens is 986 g/mol. The molecule has 9 heteroatoms. The Morgan fingerprint density at radius 2 is 0.643 bits per heavy atom.